The molecular weight excluding hydrogens is 306 g/mol. The molecule has 1 aliphatic heterocycles. The molecule has 4 N–H and O–H groups in total. The van der Waals surface area contributed by atoms with Gasteiger partial charge in [0.25, 0.3) is 0 Å². The van der Waals surface area contributed by atoms with E-state index in [9.17, 15) is 15.0 Å². The summed E-state index contributed by atoms with van der Waals surface area (Å²) in [4.78, 5) is 10.6. The minimum absolute atomic E-state index is 0.0118. The predicted molar refractivity (Wildman–Crippen MR) is 90.9 cm³/mol. The molecule has 0 amide bonds. The van der Waals surface area contributed by atoms with E-state index in [2.05, 4.69) is 0 Å². The predicted octanol–water partition coefficient (Wildman–Crippen LogP) is 2.82. The molecule has 1 aliphatic carbocycles. The molecule has 0 bridgehead atoms. The molecule has 2 aliphatic rings. The Bertz CT molecular complexity index is 589. The minimum Gasteiger partial charge on any atom is -0.504 e. The number of ether oxygens (including phenoxy) is 1. The van der Waals surface area contributed by atoms with E-state index < -0.39 is 0 Å². The van der Waals surface area contributed by atoms with Crippen LogP contribution in [0.2, 0.25) is 0 Å². The Hall–Kier alpha value is -1.59. The zero-order valence-electron chi connectivity index (χ0n) is 14.0. The summed E-state index contributed by atoms with van der Waals surface area (Å²) >= 11 is 0. The van der Waals surface area contributed by atoms with E-state index in [-0.39, 0.29) is 23.7 Å². The molecule has 1 fully saturated rings. The van der Waals surface area contributed by atoms with E-state index >= 15 is 0 Å². The van der Waals surface area contributed by atoms with Crippen molar-refractivity contribution in [2.45, 2.75) is 57.2 Å². The number of fused-ring (bicyclic) bond motifs is 1. The summed E-state index contributed by atoms with van der Waals surface area (Å²) in [7, 11) is 0. The Morgan fingerprint density at radius 3 is 2.88 bits per heavy atom. The lowest BCUT2D eigenvalue weighted by atomic mass is 9.74. The summed E-state index contributed by atoms with van der Waals surface area (Å²) in [5.41, 5.74) is 7.54. The molecule has 1 aromatic carbocycles. The monoisotopic (exact) mass is 333 g/mol. The molecule has 132 valence electrons. The highest BCUT2D eigenvalue weighted by molar-refractivity contribution is 5.51. The molecule has 0 aromatic heterocycles. The van der Waals surface area contributed by atoms with Gasteiger partial charge < -0.3 is 25.5 Å². The third-order valence-corrected chi connectivity index (χ3v) is 5.64. The number of aromatic hydroxyl groups is 2. The van der Waals surface area contributed by atoms with Crippen LogP contribution in [0.4, 0.5) is 0 Å². The minimum atomic E-state index is -0.236. The molecule has 1 heterocycles. The second kappa shape index (κ2) is 7.53. The molecule has 0 spiro atoms. The molecule has 4 unspecified atom stereocenters. The van der Waals surface area contributed by atoms with Crippen LogP contribution in [-0.2, 0) is 16.0 Å². The van der Waals surface area contributed by atoms with E-state index in [1.165, 1.54) is 12.5 Å². The highest BCUT2D eigenvalue weighted by Gasteiger charge is 2.36. The van der Waals surface area contributed by atoms with Crippen molar-refractivity contribution in [1.82, 2.24) is 0 Å². The van der Waals surface area contributed by atoms with Crippen molar-refractivity contribution in [1.29, 1.82) is 0 Å². The van der Waals surface area contributed by atoms with Gasteiger partial charge in [-0.05, 0) is 42.7 Å². The van der Waals surface area contributed by atoms with Gasteiger partial charge in [0.1, 0.15) is 6.29 Å². The van der Waals surface area contributed by atoms with E-state index in [1.54, 1.807) is 6.07 Å². The van der Waals surface area contributed by atoms with Crippen LogP contribution in [-0.4, -0.2) is 29.1 Å². The van der Waals surface area contributed by atoms with Crippen LogP contribution in [0.15, 0.2) is 12.1 Å². The summed E-state index contributed by atoms with van der Waals surface area (Å²) < 4.78 is 6.26. The molecule has 3 rings (SSSR count). The van der Waals surface area contributed by atoms with Gasteiger partial charge in [-0.1, -0.05) is 18.9 Å². The fourth-order valence-corrected chi connectivity index (χ4v) is 4.39. The third-order valence-electron chi connectivity index (χ3n) is 5.64. The fourth-order valence-electron chi connectivity index (χ4n) is 4.39. The maximum absolute atomic E-state index is 10.6. The van der Waals surface area contributed by atoms with Crippen molar-refractivity contribution in [2.75, 3.05) is 6.54 Å². The van der Waals surface area contributed by atoms with E-state index in [0.717, 1.165) is 43.1 Å². The van der Waals surface area contributed by atoms with Gasteiger partial charge >= 0.3 is 0 Å². The highest BCUT2D eigenvalue weighted by Crippen LogP contribution is 2.44. The number of hydrogen-bond donors (Lipinski definition) is 3. The van der Waals surface area contributed by atoms with Gasteiger partial charge in [-0.2, -0.15) is 0 Å². The zero-order valence-corrected chi connectivity index (χ0v) is 14.0. The number of phenols is 2. The maximum Gasteiger partial charge on any atom is 0.161 e. The maximum atomic E-state index is 10.6. The number of aldehydes is 1. The van der Waals surface area contributed by atoms with Crippen molar-refractivity contribution < 1.29 is 19.7 Å². The van der Waals surface area contributed by atoms with E-state index in [1.807, 2.05) is 0 Å². The lowest BCUT2D eigenvalue weighted by Crippen LogP contribution is -2.37. The summed E-state index contributed by atoms with van der Waals surface area (Å²) in [5.74, 6) is 0.873. The molecule has 0 saturated heterocycles. The second-order valence-electron chi connectivity index (χ2n) is 7.14. The molecule has 1 aromatic rings. The first-order valence-corrected chi connectivity index (χ1v) is 8.96. The summed E-state index contributed by atoms with van der Waals surface area (Å²) in [6.07, 6.45) is 7.47. The van der Waals surface area contributed by atoms with Crippen LogP contribution in [0, 0.1) is 11.8 Å². The van der Waals surface area contributed by atoms with Gasteiger partial charge in [-0.15, -0.1) is 0 Å². The summed E-state index contributed by atoms with van der Waals surface area (Å²) in [6.45, 7) is 0.356. The second-order valence-corrected chi connectivity index (χ2v) is 7.14. The number of nitrogens with two attached hydrogens (primary N) is 1. The standard InChI is InChI=1S/C19H27NO4/c20-11-18-14-6-7-16(22)19(23)15(14)10-17(24-18)13-5-1-3-12(9-13)4-2-8-21/h6-8,12-13,17-18,22-23H,1-5,9-11,20H2. The van der Waals surface area contributed by atoms with Crippen LogP contribution in [0.3, 0.4) is 0 Å². The van der Waals surface area contributed by atoms with E-state index in [4.69, 9.17) is 10.5 Å². The average Bonchev–Trinajstić information content (AvgIpc) is 2.62. The van der Waals surface area contributed by atoms with Gasteiger partial charge in [-0.25, -0.2) is 0 Å². The lowest BCUT2D eigenvalue weighted by Gasteiger charge is -2.40. The molecule has 24 heavy (non-hydrogen) atoms. The summed E-state index contributed by atoms with van der Waals surface area (Å²) in [5, 5.41) is 20.1. The Morgan fingerprint density at radius 1 is 1.29 bits per heavy atom. The van der Waals surface area contributed by atoms with Crippen molar-refractivity contribution in [3.05, 3.63) is 23.3 Å². The quantitative estimate of drug-likeness (QED) is 0.569. The zero-order chi connectivity index (χ0) is 17.1. The van der Waals surface area contributed by atoms with Crippen molar-refractivity contribution in [2.24, 2.45) is 17.6 Å². The first-order valence-electron chi connectivity index (χ1n) is 8.96. The van der Waals surface area contributed by atoms with Gasteiger partial charge in [0, 0.05) is 24.9 Å². The SMILES string of the molecule is NCC1OC(C2CCCC(CCC=O)C2)Cc2c1ccc(O)c2O. The highest BCUT2D eigenvalue weighted by atomic mass is 16.5. The number of phenolic OH excluding ortho intramolecular Hbond substituents is 2. The molecule has 5 nitrogen and oxygen atoms in total. The Morgan fingerprint density at radius 2 is 2.12 bits per heavy atom. The van der Waals surface area contributed by atoms with Crippen LogP contribution < -0.4 is 5.73 Å². The summed E-state index contributed by atoms with van der Waals surface area (Å²) in [6, 6.07) is 3.29. The van der Waals surface area contributed by atoms with Crippen molar-refractivity contribution in [3.63, 3.8) is 0 Å². The van der Waals surface area contributed by atoms with Gasteiger partial charge in [0.05, 0.1) is 12.2 Å². The first kappa shape index (κ1) is 17.2. The van der Waals surface area contributed by atoms with Crippen LogP contribution in [0.5, 0.6) is 11.5 Å². The van der Waals surface area contributed by atoms with Gasteiger partial charge in [0.15, 0.2) is 11.5 Å². The van der Waals surface area contributed by atoms with E-state index in [0.29, 0.717) is 31.2 Å². The average molecular weight is 333 g/mol. The fraction of sp³-hybridized carbons (Fsp3) is 0.632. The van der Waals surface area contributed by atoms with Gasteiger partial charge in [-0.3, -0.25) is 0 Å². The van der Waals surface area contributed by atoms with Crippen LogP contribution >= 0.6 is 0 Å². The number of carbonyl (C=O) groups is 1. The largest absolute Gasteiger partial charge is 0.504 e. The van der Waals surface area contributed by atoms with Crippen molar-refractivity contribution in [3.8, 4) is 11.5 Å². The topological polar surface area (TPSA) is 92.8 Å². The van der Waals surface area contributed by atoms with Crippen LogP contribution in [0.1, 0.15) is 55.8 Å². The molecule has 4 atom stereocenters. The van der Waals surface area contributed by atoms with Crippen molar-refractivity contribution >= 4 is 6.29 Å². The Balaban J connectivity index is 1.77. The molecule has 0 radical (unpaired) electrons. The number of carbonyl (C=O) groups excluding carboxylic acids is 1. The third kappa shape index (κ3) is 3.42. The number of rotatable bonds is 5. The number of benzene rings is 1. The molecular formula is C19H27NO4. The first-order chi connectivity index (χ1) is 11.6. The number of hydrogen-bond acceptors (Lipinski definition) is 5. The normalized spacial score (nSPS) is 29.9. The molecule has 1 saturated carbocycles. The Kier molecular flexibility index (Phi) is 5.41. The lowest BCUT2D eigenvalue weighted by molar-refractivity contribution is -0.108. The van der Waals surface area contributed by atoms with Gasteiger partial charge in [0.2, 0.25) is 0 Å². The molecule has 5 heteroatoms. The van der Waals surface area contributed by atoms with Crippen LogP contribution in [0.25, 0.3) is 0 Å². The smallest absolute Gasteiger partial charge is 0.161 e. The Labute approximate surface area is 142 Å².